The molecule has 1 amide bonds. The number of halogens is 2. The summed E-state index contributed by atoms with van der Waals surface area (Å²) < 4.78 is 13.6. The maximum atomic E-state index is 13.6. The Morgan fingerprint density at radius 2 is 2.05 bits per heavy atom. The zero-order chi connectivity index (χ0) is 14.5. The van der Waals surface area contributed by atoms with Gasteiger partial charge in [0, 0.05) is 10.7 Å². The minimum atomic E-state index is -0.443. The lowest BCUT2D eigenvalue weighted by Gasteiger charge is -2.09. The fraction of sp³-hybridized carbons (Fsp3) is 0.133. The van der Waals surface area contributed by atoms with Crippen molar-refractivity contribution in [2.75, 3.05) is 17.2 Å². The highest BCUT2D eigenvalue weighted by Crippen LogP contribution is 2.16. The Morgan fingerprint density at radius 1 is 1.25 bits per heavy atom. The third kappa shape index (κ3) is 3.96. The quantitative estimate of drug-likeness (QED) is 0.899. The molecular weight excluding hydrogens is 279 g/mol. The van der Waals surface area contributed by atoms with Crippen molar-refractivity contribution < 1.29 is 9.18 Å². The molecule has 0 aliphatic rings. The molecule has 0 unspecified atom stereocenters. The molecule has 0 saturated heterocycles. The van der Waals surface area contributed by atoms with E-state index in [9.17, 15) is 9.18 Å². The number of anilines is 2. The van der Waals surface area contributed by atoms with Crippen LogP contribution in [0, 0.1) is 12.7 Å². The van der Waals surface area contributed by atoms with Crippen LogP contribution in [0.15, 0.2) is 42.5 Å². The Labute approximate surface area is 121 Å². The number of benzene rings is 2. The van der Waals surface area contributed by atoms with Gasteiger partial charge in [-0.05, 0) is 42.8 Å². The number of aryl methyl sites for hydroxylation is 1. The maximum Gasteiger partial charge on any atom is 0.243 e. The van der Waals surface area contributed by atoms with Crippen molar-refractivity contribution in [2.24, 2.45) is 0 Å². The Bertz CT molecular complexity index is 631. The number of hydrogen-bond acceptors (Lipinski definition) is 2. The maximum absolute atomic E-state index is 13.6. The summed E-state index contributed by atoms with van der Waals surface area (Å²) in [5.74, 6) is -0.770. The van der Waals surface area contributed by atoms with Crippen LogP contribution in [0.3, 0.4) is 0 Å². The van der Waals surface area contributed by atoms with Gasteiger partial charge in [-0.3, -0.25) is 4.79 Å². The summed E-state index contributed by atoms with van der Waals surface area (Å²) in [4.78, 5) is 11.7. The number of carbonyl (C=O) groups excluding carboxylic acids is 1. The van der Waals surface area contributed by atoms with Crippen molar-refractivity contribution in [1.82, 2.24) is 0 Å². The second-order valence-electron chi connectivity index (χ2n) is 4.40. The van der Waals surface area contributed by atoms with Crippen LogP contribution in [0.25, 0.3) is 0 Å². The predicted octanol–water partition coefficient (Wildman–Crippen LogP) is 3.84. The van der Waals surface area contributed by atoms with Gasteiger partial charge in [0.1, 0.15) is 5.82 Å². The molecular formula is C15H14ClFN2O. The van der Waals surface area contributed by atoms with E-state index in [1.54, 1.807) is 43.3 Å². The van der Waals surface area contributed by atoms with Crippen molar-refractivity contribution in [3.63, 3.8) is 0 Å². The highest BCUT2D eigenvalue weighted by Gasteiger charge is 2.07. The SMILES string of the molecule is Cc1ccc(NC(=O)CNc2cccc(Cl)c2)c(F)c1. The number of carbonyl (C=O) groups is 1. The smallest absolute Gasteiger partial charge is 0.243 e. The molecule has 0 atom stereocenters. The first-order valence-corrected chi connectivity index (χ1v) is 6.48. The predicted molar refractivity (Wildman–Crippen MR) is 79.7 cm³/mol. The highest BCUT2D eigenvalue weighted by molar-refractivity contribution is 6.30. The Kier molecular flexibility index (Phi) is 4.58. The monoisotopic (exact) mass is 292 g/mol. The van der Waals surface area contributed by atoms with Crippen LogP contribution in [-0.4, -0.2) is 12.5 Å². The van der Waals surface area contributed by atoms with E-state index in [1.807, 2.05) is 0 Å². The van der Waals surface area contributed by atoms with Crippen molar-refractivity contribution in [2.45, 2.75) is 6.92 Å². The summed E-state index contributed by atoms with van der Waals surface area (Å²) >= 11 is 5.84. The average molecular weight is 293 g/mol. The Hall–Kier alpha value is -2.07. The number of amides is 1. The van der Waals surface area contributed by atoms with Crippen LogP contribution in [0.4, 0.5) is 15.8 Å². The van der Waals surface area contributed by atoms with Gasteiger partial charge in [0.15, 0.2) is 0 Å². The standard InChI is InChI=1S/C15H14ClFN2O/c1-10-5-6-14(13(17)7-10)19-15(20)9-18-12-4-2-3-11(16)8-12/h2-8,18H,9H2,1H3,(H,19,20). The fourth-order valence-corrected chi connectivity index (χ4v) is 1.89. The zero-order valence-electron chi connectivity index (χ0n) is 10.9. The van der Waals surface area contributed by atoms with Crippen molar-refractivity contribution >= 4 is 28.9 Å². The molecule has 20 heavy (non-hydrogen) atoms. The van der Waals surface area contributed by atoms with E-state index in [1.165, 1.54) is 6.07 Å². The highest BCUT2D eigenvalue weighted by atomic mass is 35.5. The first-order chi connectivity index (χ1) is 9.54. The van der Waals surface area contributed by atoms with Crippen LogP contribution in [0.2, 0.25) is 5.02 Å². The van der Waals surface area contributed by atoms with E-state index >= 15 is 0 Å². The van der Waals surface area contributed by atoms with Gasteiger partial charge in [-0.2, -0.15) is 0 Å². The summed E-state index contributed by atoms with van der Waals surface area (Å²) in [6.07, 6.45) is 0. The summed E-state index contributed by atoms with van der Waals surface area (Å²) in [7, 11) is 0. The lowest BCUT2D eigenvalue weighted by Crippen LogP contribution is -2.22. The first kappa shape index (κ1) is 14.3. The summed E-state index contributed by atoms with van der Waals surface area (Å²) in [5, 5.41) is 6.01. The van der Waals surface area contributed by atoms with E-state index in [2.05, 4.69) is 10.6 Å². The zero-order valence-corrected chi connectivity index (χ0v) is 11.7. The van der Waals surface area contributed by atoms with Crippen LogP contribution >= 0.6 is 11.6 Å². The second-order valence-corrected chi connectivity index (χ2v) is 4.83. The van der Waals surface area contributed by atoms with E-state index in [0.29, 0.717) is 5.02 Å². The average Bonchev–Trinajstić information content (AvgIpc) is 2.40. The number of rotatable bonds is 4. The molecule has 0 heterocycles. The molecule has 3 nitrogen and oxygen atoms in total. The minimum absolute atomic E-state index is 0.0354. The summed E-state index contributed by atoms with van der Waals surface area (Å²) in [5.41, 5.74) is 1.71. The Balaban J connectivity index is 1.92. The van der Waals surface area contributed by atoms with Gasteiger partial charge < -0.3 is 10.6 Å². The number of hydrogen-bond donors (Lipinski definition) is 2. The first-order valence-electron chi connectivity index (χ1n) is 6.10. The molecule has 0 saturated carbocycles. The second kappa shape index (κ2) is 6.39. The van der Waals surface area contributed by atoms with Crippen LogP contribution in [-0.2, 0) is 4.79 Å². The molecule has 0 aliphatic heterocycles. The molecule has 2 rings (SSSR count). The minimum Gasteiger partial charge on any atom is -0.376 e. The third-order valence-electron chi connectivity index (χ3n) is 2.68. The van der Waals surface area contributed by atoms with E-state index in [0.717, 1.165) is 11.3 Å². The molecule has 0 fully saturated rings. The van der Waals surface area contributed by atoms with E-state index in [-0.39, 0.29) is 18.1 Å². The summed E-state index contributed by atoms with van der Waals surface area (Å²) in [6.45, 7) is 1.82. The molecule has 0 radical (unpaired) electrons. The van der Waals surface area contributed by atoms with E-state index < -0.39 is 5.82 Å². The molecule has 0 spiro atoms. The van der Waals surface area contributed by atoms with Gasteiger partial charge in [0.2, 0.25) is 5.91 Å². The molecule has 2 aromatic carbocycles. The van der Waals surface area contributed by atoms with Gasteiger partial charge in [0.05, 0.1) is 12.2 Å². The van der Waals surface area contributed by atoms with Crippen molar-refractivity contribution in [3.8, 4) is 0 Å². The van der Waals surface area contributed by atoms with Crippen LogP contribution in [0.1, 0.15) is 5.56 Å². The molecule has 104 valence electrons. The number of nitrogens with one attached hydrogen (secondary N) is 2. The molecule has 5 heteroatoms. The molecule has 2 N–H and O–H groups in total. The summed E-state index contributed by atoms with van der Waals surface area (Å²) in [6, 6.07) is 11.7. The molecule has 2 aromatic rings. The molecule has 0 aliphatic carbocycles. The van der Waals surface area contributed by atoms with Gasteiger partial charge in [-0.15, -0.1) is 0 Å². The largest absolute Gasteiger partial charge is 0.376 e. The third-order valence-corrected chi connectivity index (χ3v) is 2.91. The van der Waals surface area contributed by atoms with Gasteiger partial charge in [-0.25, -0.2) is 4.39 Å². The van der Waals surface area contributed by atoms with Gasteiger partial charge in [0.25, 0.3) is 0 Å². The van der Waals surface area contributed by atoms with Crippen molar-refractivity contribution in [3.05, 3.63) is 58.9 Å². The lowest BCUT2D eigenvalue weighted by molar-refractivity contribution is -0.114. The van der Waals surface area contributed by atoms with Gasteiger partial charge >= 0.3 is 0 Å². The normalized spacial score (nSPS) is 10.2. The fourth-order valence-electron chi connectivity index (χ4n) is 1.70. The van der Waals surface area contributed by atoms with Crippen LogP contribution in [0.5, 0.6) is 0 Å². The van der Waals surface area contributed by atoms with Gasteiger partial charge in [-0.1, -0.05) is 23.7 Å². The Morgan fingerprint density at radius 3 is 2.75 bits per heavy atom. The van der Waals surface area contributed by atoms with E-state index in [4.69, 9.17) is 11.6 Å². The lowest BCUT2D eigenvalue weighted by atomic mass is 10.2. The van der Waals surface area contributed by atoms with Crippen molar-refractivity contribution in [1.29, 1.82) is 0 Å². The topological polar surface area (TPSA) is 41.1 Å². The molecule has 0 bridgehead atoms. The van der Waals surface area contributed by atoms with Crippen LogP contribution < -0.4 is 10.6 Å². The molecule has 0 aromatic heterocycles.